The van der Waals surface area contributed by atoms with Crippen LogP contribution in [0.4, 0.5) is 0 Å². The van der Waals surface area contributed by atoms with Crippen LogP contribution in [0.5, 0.6) is 0 Å². The van der Waals surface area contributed by atoms with Gasteiger partial charge >= 0.3 is 0 Å². The number of nitrogens with one attached hydrogen (secondary N) is 2. The fourth-order valence-electron chi connectivity index (χ4n) is 1.94. The van der Waals surface area contributed by atoms with Gasteiger partial charge < -0.3 is 15.2 Å². The quantitative estimate of drug-likeness (QED) is 0.595. The van der Waals surface area contributed by atoms with Crippen molar-refractivity contribution in [2.24, 2.45) is 10.9 Å². The number of nitrogens with zero attached hydrogens (tertiary/aromatic N) is 2. The highest BCUT2D eigenvalue weighted by Crippen LogP contribution is 2.11. The monoisotopic (exact) mass is 280 g/mol. The largest absolute Gasteiger partial charge is 0.361 e. The number of hydrogen-bond acceptors (Lipinski definition) is 3. The second-order valence-electron chi connectivity index (χ2n) is 5.42. The maximum absolute atomic E-state index is 5.17. The zero-order valence-corrected chi connectivity index (χ0v) is 13.4. The van der Waals surface area contributed by atoms with Crippen molar-refractivity contribution in [1.82, 2.24) is 15.8 Å². The first-order chi connectivity index (χ1) is 9.54. The Morgan fingerprint density at radius 2 is 2.05 bits per heavy atom. The van der Waals surface area contributed by atoms with Gasteiger partial charge in [0, 0.05) is 25.2 Å². The van der Waals surface area contributed by atoms with Gasteiger partial charge in [-0.05, 0) is 39.5 Å². The first-order valence-corrected chi connectivity index (χ1v) is 7.48. The van der Waals surface area contributed by atoms with Crippen molar-refractivity contribution in [3.63, 3.8) is 0 Å². The number of hydrogen-bond donors (Lipinski definition) is 2. The Bertz CT molecular complexity index is 404. The van der Waals surface area contributed by atoms with E-state index < -0.39 is 0 Å². The summed E-state index contributed by atoms with van der Waals surface area (Å²) in [6.45, 7) is 13.0. The molecule has 0 saturated carbocycles. The summed E-state index contributed by atoms with van der Waals surface area (Å²) in [6.07, 6.45) is 2.01. The minimum absolute atomic E-state index is 0.684. The van der Waals surface area contributed by atoms with Crippen LogP contribution in [0.2, 0.25) is 0 Å². The topological polar surface area (TPSA) is 62.5 Å². The Labute approximate surface area is 122 Å². The first-order valence-electron chi connectivity index (χ1n) is 7.48. The fraction of sp³-hybridized carbons (Fsp3) is 0.733. The van der Waals surface area contributed by atoms with Crippen LogP contribution in [-0.4, -0.2) is 30.8 Å². The number of guanidine groups is 1. The van der Waals surface area contributed by atoms with Crippen molar-refractivity contribution in [3.8, 4) is 0 Å². The van der Waals surface area contributed by atoms with E-state index in [2.05, 4.69) is 41.6 Å². The van der Waals surface area contributed by atoms with E-state index in [1.54, 1.807) is 0 Å². The van der Waals surface area contributed by atoms with Crippen molar-refractivity contribution in [2.45, 2.75) is 47.5 Å². The minimum atomic E-state index is 0.684. The van der Waals surface area contributed by atoms with Crippen LogP contribution < -0.4 is 10.6 Å². The number of rotatable bonds is 7. The third-order valence-electron chi connectivity index (χ3n) is 3.17. The Morgan fingerprint density at radius 3 is 2.60 bits per heavy atom. The normalized spacial score (nSPS) is 12.0. The molecule has 1 rings (SSSR count). The van der Waals surface area contributed by atoms with Crippen LogP contribution in [0.25, 0.3) is 0 Å². The summed E-state index contributed by atoms with van der Waals surface area (Å²) < 4.78 is 5.17. The summed E-state index contributed by atoms with van der Waals surface area (Å²) >= 11 is 0. The molecule has 0 fully saturated rings. The molecule has 1 heterocycles. The van der Waals surface area contributed by atoms with E-state index in [-0.39, 0.29) is 0 Å². The van der Waals surface area contributed by atoms with E-state index in [1.165, 1.54) is 5.56 Å². The Hall–Kier alpha value is -1.52. The van der Waals surface area contributed by atoms with Crippen molar-refractivity contribution in [2.75, 3.05) is 19.6 Å². The van der Waals surface area contributed by atoms with Gasteiger partial charge in [0.25, 0.3) is 0 Å². The van der Waals surface area contributed by atoms with Crippen LogP contribution in [0.3, 0.4) is 0 Å². The molecule has 0 aliphatic carbocycles. The molecule has 0 aromatic carbocycles. The average Bonchev–Trinajstić information content (AvgIpc) is 2.70. The summed E-state index contributed by atoms with van der Waals surface area (Å²) in [5, 5.41) is 10.6. The van der Waals surface area contributed by atoms with Gasteiger partial charge in [-0.3, -0.25) is 4.99 Å². The summed E-state index contributed by atoms with van der Waals surface area (Å²) in [4.78, 5) is 4.57. The summed E-state index contributed by atoms with van der Waals surface area (Å²) in [7, 11) is 0. The van der Waals surface area contributed by atoms with Crippen molar-refractivity contribution in [1.29, 1.82) is 0 Å². The molecule has 1 aromatic heterocycles. The summed E-state index contributed by atoms with van der Waals surface area (Å²) in [5.41, 5.74) is 2.17. The Balaban J connectivity index is 2.42. The smallest absolute Gasteiger partial charge is 0.191 e. The van der Waals surface area contributed by atoms with Gasteiger partial charge in [0.2, 0.25) is 0 Å². The van der Waals surface area contributed by atoms with Crippen molar-refractivity contribution >= 4 is 5.96 Å². The molecule has 0 amide bonds. The lowest BCUT2D eigenvalue weighted by atomic mass is 10.1. The molecule has 5 nitrogen and oxygen atoms in total. The third-order valence-corrected chi connectivity index (χ3v) is 3.17. The van der Waals surface area contributed by atoms with E-state index in [4.69, 9.17) is 4.52 Å². The van der Waals surface area contributed by atoms with Crippen LogP contribution in [0.15, 0.2) is 9.52 Å². The number of aryl methyl sites for hydroxylation is 2. The second kappa shape index (κ2) is 8.61. The highest BCUT2D eigenvalue weighted by atomic mass is 16.5. The zero-order valence-electron chi connectivity index (χ0n) is 13.4. The highest BCUT2D eigenvalue weighted by molar-refractivity contribution is 5.79. The molecule has 0 atom stereocenters. The molecule has 0 saturated heterocycles. The predicted octanol–water partition coefficient (Wildman–Crippen LogP) is 2.44. The van der Waals surface area contributed by atoms with Crippen molar-refractivity contribution < 1.29 is 4.52 Å². The molecule has 0 unspecified atom stereocenters. The highest BCUT2D eigenvalue weighted by Gasteiger charge is 2.08. The second-order valence-corrected chi connectivity index (χ2v) is 5.42. The number of aromatic nitrogens is 1. The van der Waals surface area contributed by atoms with Crippen LogP contribution in [0.1, 0.15) is 44.2 Å². The molecule has 0 aliphatic heterocycles. The predicted molar refractivity (Wildman–Crippen MR) is 83.1 cm³/mol. The van der Waals surface area contributed by atoms with Crippen molar-refractivity contribution in [3.05, 3.63) is 17.0 Å². The molecule has 114 valence electrons. The molecular weight excluding hydrogens is 252 g/mol. The van der Waals surface area contributed by atoms with Crippen LogP contribution in [-0.2, 0) is 6.42 Å². The zero-order chi connectivity index (χ0) is 15.0. The molecule has 0 radical (unpaired) electrons. The van der Waals surface area contributed by atoms with Gasteiger partial charge in [-0.25, -0.2) is 0 Å². The van der Waals surface area contributed by atoms with Gasteiger partial charge in [-0.2, -0.15) is 0 Å². The molecule has 20 heavy (non-hydrogen) atoms. The SMILES string of the molecule is CCNC(=NCCC(C)C)NCCc1c(C)noc1C. The van der Waals surface area contributed by atoms with Gasteiger partial charge in [0.15, 0.2) is 5.96 Å². The Morgan fingerprint density at radius 1 is 1.30 bits per heavy atom. The van der Waals surface area contributed by atoms with E-state index in [0.29, 0.717) is 5.92 Å². The maximum atomic E-state index is 5.17. The Kier molecular flexibility index (Phi) is 7.12. The lowest BCUT2D eigenvalue weighted by Crippen LogP contribution is -2.38. The fourth-order valence-corrected chi connectivity index (χ4v) is 1.94. The van der Waals surface area contributed by atoms with E-state index in [0.717, 1.165) is 49.9 Å². The van der Waals surface area contributed by atoms with Gasteiger partial charge in [0.05, 0.1) is 5.69 Å². The summed E-state index contributed by atoms with van der Waals surface area (Å²) in [6, 6.07) is 0. The molecule has 5 heteroatoms. The van der Waals surface area contributed by atoms with E-state index in [1.807, 2.05) is 13.8 Å². The van der Waals surface area contributed by atoms with Crippen LogP contribution in [0, 0.1) is 19.8 Å². The molecule has 0 spiro atoms. The van der Waals surface area contributed by atoms with E-state index >= 15 is 0 Å². The molecule has 2 N–H and O–H groups in total. The standard InChI is InChI=1S/C15H28N4O/c1-6-16-15(17-9-7-11(2)3)18-10-8-14-12(4)19-20-13(14)5/h11H,6-10H2,1-5H3,(H2,16,17,18). The summed E-state index contributed by atoms with van der Waals surface area (Å²) in [5.74, 6) is 2.48. The molecule has 1 aromatic rings. The molecular formula is C15H28N4O. The maximum Gasteiger partial charge on any atom is 0.191 e. The molecule has 0 bridgehead atoms. The third kappa shape index (κ3) is 5.63. The first kappa shape index (κ1) is 16.5. The lowest BCUT2D eigenvalue weighted by Gasteiger charge is -2.11. The van der Waals surface area contributed by atoms with E-state index in [9.17, 15) is 0 Å². The van der Waals surface area contributed by atoms with Gasteiger partial charge in [-0.15, -0.1) is 0 Å². The van der Waals surface area contributed by atoms with Gasteiger partial charge in [-0.1, -0.05) is 19.0 Å². The minimum Gasteiger partial charge on any atom is -0.361 e. The van der Waals surface area contributed by atoms with Crippen LogP contribution >= 0.6 is 0 Å². The average molecular weight is 280 g/mol. The van der Waals surface area contributed by atoms with Gasteiger partial charge in [0.1, 0.15) is 5.76 Å². The lowest BCUT2D eigenvalue weighted by molar-refractivity contribution is 0.392. The number of aliphatic imine (C=N–C) groups is 1. The molecule has 0 aliphatic rings.